The van der Waals surface area contributed by atoms with Crippen LogP contribution in [-0.4, -0.2) is 15.0 Å². The van der Waals surface area contributed by atoms with Gasteiger partial charge < -0.3 is 4.42 Å². The molecule has 2 aromatic heterocycles. The number of furan rings is 1. The molecule has 0 aliphatic heterocycles. The lowest BCUT2D eigenvalue weighted by atomic mass is 9.98. The van der Waals surface area contributed by atoms with Crippen molar-refractivity contribution in [3.05, 3.63) is 164 Å². The van der Waals surface area contributed by atoms with Crippen LogP contribution in [0.3, 0.4) is 0 Å². The van der Waals surface area contributed by atoms with Gasteiger partial charge in [0, 0.05) is 27.5 Å². The van der Waals surface area contributed by atoms with Crippen LogP contribution in [0.15, 0.2) is 168 Å². The van der Waals surface area contributed by atoms with Gasteiger partial charge >= 0.3 is 0 Å². The van der Waals surface area contributed by atoms with Crippen LogP contribution < -0.4 is 0 Å². The molecule has 0 amide bonds. The SMILES string of the molecule is c1ccc(-c2nc(-c3ccccc3)nc(-c3ccc4c(c3)oc3cc(-c5ccc(-c6ccc7ccccc7c6)cc5)ccc34)n2)cc1. The van der Waals surface area contributed by atoms with Gasteiger partial charge in [-0.2, -0.15) is 0 Å². The van der Waals surface area contributed by atoms with Crippen molar-refractivity contribution in [3.8, 4) is 56.4 Å². The topological polar surface area (TPSA) is 51.8 Å². The fourth-order valence-electron chi connectivity index (χ4n) is 6.26. The van der Waals surface area contributed by atoms with E-state index in [1.165, 1.54) is 21.9 Å². The van der Waals surface area contributed by atoms with Gasteiger partial charge in [0.1, 0.15) is 11.2 Å². The smallest absolute Gasteiger partial charge is 0.164 e. The third-order valence-electron chi connectivity index (χ3n) is 8.73. The number of fused-ring (bicyclic) bond motifs is 4. The molecule has 0 N–H and O–H groups in total. The van der Waals surface area contributed by atoms with E-state index < -0.39 is 0 Å². The molecule has 0 aliphatic carbocycles. The van der Waals surface area contributed by atoms with Gasteiger partial charge in [-0.15, -0.1) is 0 Å². The van der Waals surface area contributed by atoms with Crippen LogP contribution in [0.1, 0.15) is 0 Å². The van der Waals surface area contributed by atoms with Crippen LogP contribution in [0.25, 0.3) is 89.1 Å². The highest BCUT2D eigenvalue weighted by Crippen LogP contribution is 2.35. The van der Waals surface area contributed by atoms with Gasteiger partial charge in [-0.1, -0.05) is 133 Å². The average Bonchev–Trinajstić information content (AvgIpc) is 3.52. The molecule has 0 unspecified atom stereocenters. The van der Waals surface area contributed by atoms with E-state index >= 15 is 0 Å². The Kier molecular flexibility index (Phi) is 6.43. The number of hydrogen-bond donors (Lipinski definition) is 0. The minimum Gasteiger partial charge on any atom is -0.456 e. The number of rotatable bonds is 5. The molecule has 0 spiro atoms. The van der Waals surface area contributed by atoms with Crippen molar-refractivity contribution in [1.29, 1.82) is 0 Å². The fourth-order valence-corrected chi connectivity index (χ4v) is 6.26. The molecule has 0 saturated carbocycles. The normalized spacial score (nSPS) is 11.4. The highest BCUT2D eigenvalue weighted by molar-refractivity contribution is 6.06. The molecule has 0 fully saturated rings. The lowest BCUT2D eigenvalue weighted by molar-refractivity contribution is 0.669. The van der Waals surface area contributed by atoms with Crippen LogP contribution in [0, 0.1) is 0 Å². The standard InChI is InChI=1S/C43H27N3O/c1-3-10-31(11-4-1)41-44-42(32-12-5-2-6-13-32)46-43(45-41)36-22-24-38-37-23-21-35(26-39(37)47-40(38)27-36)30-17-15-29(16-18-30)34-20-19-28-9-7-8-14-33(28)25-34/h1-27H. The van der Waals surface area contributed by atoms with Crippen molar-refractivity contribution in [2.75, 3.05) is 0 Å². The molecule has 4 nitrogen and oxygen atoms in total. The average molecular weight is 602 g/mol. The summed E-state index contributed by atoms with van der Waals surface area (Å²) in [5.74, 6) is 1.87. The number of aromatic nitrogens is 3. The maximum Gasteiger partial charge on any atom is 0.164 e. The lowest BCUT2D eigenvalue weighted by Crippen LogP contribution is -2.00. The second kappa shape index (κ2) is 11.2. The molecule has 9 rings (SSSR count). The highest BCUT2D eigenvalue weighted by atomic mass is 16.3. The minimum atomic E-state index is 0.604. The Hall–Kier alpha value is -6.39. The van der Waals surface area contributed by atoms with Crippen LogP contribution in [-0.2, 0) is 0 Å². The van der Waals surface area contributed by atoms with E-state index in [9.17, 15) is 0 Å². The van der Waals surface area contributed by atoms with Gasteiger partial charge in [0.15, 0.2) is 17.5 Å². The van der Waals surface area contributed by atoms with E-state index in [1.807, 2.05) is 66.7 Å². The lowest BCUT2D eigenvalue weighted by Gasteiger charge is -2.08. The Morgan fingerprint density at radius 2 is 0.723 bits per heavy atom. The summed E-state index contributed by atoms with van der Waals surface area (Å²) >= 11 is 0. The first-order valence-corrected chi connectivity index (χ1v) is 15.7. The summed E-state index contributed by atoms with van der Waals surface area (Å²) in [6.07, 6.45) is 0. The summed E-state index contributed by atoms with van der Waals surface area (Å²) in [6, 6.07) is 56.5. The van der Waals surface area contributed by atoms with E-state index in [1.54, 1.807) is 0 Å². The molecule has 0 atom stereocenters. The van der Waals surface area contributed by atoms with Crippen LogP contribution in [0.5, 0.6) is 0 Å². The van der Waals surface area contributed by atoms with E-state index in [4.69, 9.17) is 19.4 Å². The van der Waals surface area contributed by atoms with E-state index in [0.29, 0.717) is 17.5 Å². The van der Waals surface area contributed by atoms with Gasteiger partial charge in [-0.05, 0) is 63.4 Å². The zero-order chi connectivity index (χ0) is 31.2. The zero-order valence-corrected chi connectivity index (χ0v) is 25.3. The van der Waals surface area contributed by atoms with E-state index in [2.05, 4.69) is 97.1 Å². The molecule has 0 radical (unpaired) electrons. The number of nitrogens with zero attached hydrogens (tertiary/aromatic N) is 3. The monoisotopic (exact) mass is 601 g/mol. The molecule has 0 aliphatic rings. The quantitative estimate of drug-likeness (QED) is 0.197. The Bertz CT molecular complexity index is 2500. The number of benzene rings is 7. The highest BCUT2D eigenvalue weighted by Gasteiger charge is 2.15. The largest absolute Gasteiger partial charge is 0.456 e. The Labute approximate surface area is 271 Å². The van der Waals surface area contributed by atoms with Gasteiger partial charge in [-0.25, -0.2) is 15.0 Å². The minimum absolute atomic E-state index is 0.604. The molecule has 220 valence electrons. The van der Waals surface area contributed by atoms with Crippen molar-refractivity contribution in [1.82, 2.24) is 15.0 Å². The van der Waals surface area contributed by atoms with Crippen LogP contribution in [0.4, 0.5) is 0 Å². The molecule has 47 heavy (non-hydrogen) atoms. The molecule has 0 saturated heterocycles. The first-order chi connectivity index (χ1) is 23.2. The Morgan fingerprint density at radius 3 is 1.32 bits per heavy atom. The molecule has 7 aromatic carbocycles. The van der Waals surface area contributed by atoms with Crippen molar-refractivity contribution in [3.63, 3.8) is 0 Å². The zero-order valence-electron chi connectivity index (χ0n) is 25.3. The summed E-state index contributed by atoms with van der Waals surface area (Å²) in [5, 5.41) is 4.63. The fraction of sp³-hybridized carbons (Fsp3) is 0. The summed E-state index contributed by atoms with van der Waals surface area (Å²) in [4.78, 5) is 14.6. The maximum absolute atomic E-state index is 6.47. The van der Waals surface area contributed by atoms with Crippen LogP contribution >= 0.6 is 0 Å². The van der Waals surface area contributed by atoms with E-state index in [0.717, 1.165) is 49.8 Å². The van der Waals surface area contributed by atoms with Gasteiger partial charge in [0.05, 0.1) is 0 Å². The molecule has 4 heteroatoms. The maximum atomic E-state index is 6.47. The second-order valence-corrected chi connectivity index (χ2v) is 11.7. The van der Waals surface area contributed by atoms with Gasteiger partial charge in [0.2, 0.25) is 0 Å². The Morgan fingerprint density at radius 1 is 0.298 bits per heavy atom. The molecular weight excluding hydrogens is 574 g/mol. The first kappa shape index (κ1) is 27.0. The van der Waals surface area contributed by atoms with Crippen molar-refractivity contribution < 1.29 is 4.42 Å². The van der Waals surface area contributed by atoms with Gasteiger partial charge in [-0.3, -0.25) is 0 Å². The van der Waals surface area contributed by atoms with Crippen molar-refractivity contribution in [2.24, 2.45) is 0 Å². The predicted octanol–water partition coefficient (Wildman–Crippen LogP) is 11.3. The molecular formula is C43H27N3O. The summed E-state index contributed by atoms with van der Waals surface area (Å²) in [7, 11) is 0. The number of hydrogen-bond acceptors (Lipinski definition) is 4. The third-order valence-corrected chi connectivity index (χ3v) is 8.73. The van der Waals surface area contributed by atoms with Gasteiger partial charge in [0.25, 0.3) is 0 Å². The van der Waals surface area contributed by atoms with Crippen LogP contribution in [0.2, 0.25) is 0 Å². The van der Waals surface area contributed by atoms with Crippen molar-refractivity contribution in [2.45, 2.75) is 0 Å². The molecule has 9 aromatic rings. The molecule has 2 heterocycles. The Balaban J connectivity index is 1.07. The van der Waals surface area contributed by atoms with Crippen molar-refractivity contribution >= 4 is 32.7 Å². The second-order valence-electron chi connectivity index (χ2n) is 11.7. The predicted molar refractivity (Wildman–Crippen MR) is 192 cm³/mol. The summed E-state index contributed by atoms with van der Waals surface area (Å²) in [5.41, 5.74) is 9.06. The summed E-state index contributed by atoms with van der Waals surface area (Å²) in [6.45, 7) is 0. The van der Waals surface area contributed by atoms with E-state index in [-0.39, 0.29) is 0 Å². The first-order valence-electron chi connectivity index (χ1n) is 15.7. The third kappa shape index (κ3) is 5.02. The summed E-state index contributed by atoms with van der Waals surface area (Å²) < 4.78 is 6.47. The molecule has 0 bridgehead atoms.